The Morgan fingerprint density at radius 1 is 0.405 bits per heavy atom. The SMILES string of the molecule is CCC1(C)c2cc(/C=C/c3ccc(-c4c5ccccc5c(-c5ccc(N6c7ccccc7N(c7ccccc7)c7ccccc76)cc5)c5ccccc45)cc3)ccc2-c2ccc(N3CCCc4ccccc43)cc21. The fourth-order valence-corrected chi connectivity index (χ4v) is 12.6. The van der Waals surface area contributed by atoms with Gasteiger partial charge in [-0.3, -0.25) is 0 Å². The summed E-state index contributed by atoms with van der Waals surface area (Å²) in [5.41, 5.74) is 23.8. The molecule has 3 heteroatoms. The van der Waals surface area contributed by atoms with Gasteiger partial charge in [-0.2, -0.15) is 0 Å². The summed E-state index contributed by atoms with van der Waals surface area (Å²) >= 11 is 0. The van der Waals surface area contributed by atoms with E-state index in [0.29, 0.717) is 0 Å². The van der Waals surface area contributed by atoms with Crippen LogP contribution in [0.2, 0.25) is 0 Å². The zero-order valence-corrected chi connectivity index (χ0v) is 41.8. The van der Waals surface area contributed by atoms with Gasteiger partial charge in [0.2, 0.25) is 0 Å². The summed E-state index contributed by atoms with van der Waals surface area (Å²) in [4.78, 5) is 7.31. The van der Waals surface area contributed by atoms with Crippen LogP contribution in [-0.2, 0) is 11.8 Å². The molecule has 0 saturated carbocycles. The Bertz CT molecular complexity index is 3900. The fourth-order valence-electron chi connectivity index (χ4n) is 12.6. The zero-order chi connectivity index (χ0) is 49.3. The summed E-state index contributed by atoms with van der Waals surface area (Å²) in [6.07, 6.45) is 7.93. The maximum absolute atomic E-state index is 2.53. The first kappa shape index (κ1) is 43.8. The predicted octanol–water partition coefficient (Wildman–Crippen LogP) is 19.5. The molecule has 2 heterocycles. The van der Waals surface area contributed by atoms with Crippen LogP contribution >= 0.6 is 0 Å². The molecule has 0 N–H and O–H groups in total. The van der Waals surface area contributed by atoms with E-state index in [1.165, 1.54) is 101 Å². The van der Waals surface area contributed by atoms with Gasteiger partial charge in [-0.15, -0.1) is 0 Å². The summed E-state index contributed by atoms with van der Waals surface area (Å²) in [6, 6.07) is 87.7. The van der Waals surface area contributed by atoms with Crippen molar-refractivity contribution >= 4 is 79.2 Å². The second-order valence-electron chi connectivity index (χ2n) is 20.4. The van der Waals surface area contributed by atoms with Gasteiger partial charge < -0.3 is 14.7 Å². The first-order valence-corrected chi connectivity index (χ1v) is 26.3. The van der Waals surface area contributed by atoms with Gasteiger partial charge in [-0.05, 0) is 169 Å². The van der Waals surface area contributed by atoms with E-state index in [-0.39, 0.29) is 5.41 Å². The summed E-state index contributed by atoms with van der Waals surface area (Å²) in [5.74, 6) is 0. The van der Waals surface area contributed by atoms with Crippen LogP contribution in [0.5, 0.6) is 0 Å². The molecule has 1 aliphatic carbocycles. The van der Waals surface area contributed by atoms with E-state index in [9.17, 15) is 0 Å². The van der Waals surface area contributed by atoms with E-state index in [1.807, 2.05) is 0 Å². The van der Waals surface area contributed by atoms with Gasteiger partial charge in [-0.25, -0.2) is 0 Å². The molecule has 1 unspecified atom stereocenters. The van der Waals surface area contributed by atoms with E-state index >= 15 is 0 Å². The average Bonchev–Trinajstić information content (AvgIpc) is 3.72. The summed E-state index contributed by atoms with van der Waals surface area (Å²) in [7, 11) is 0. The minimum absolute atomic E-state index is 0.0645. The Hall–Kier alpha value is -8.92. The first-order chi connectivity index (χ1) is 36.5. The lowest BCUT2D eigenvalue weighted by Gasteiger charge is -2.40. The van der Waals surface area contributed by atoms with Crippen molar-refractivity contribution in [2.24, 2.45) is 0 Å². The van der Waals surface area contributed by atoms with Crippen LogP contribution in [0.25, 0.3) is 67.1 Å². The summed E-state index contributed by atoms with van der Waals surface area (Å²) in [6.45, 7) is 5.85. The Labute approximate surface area is 434 Å². The van der Waals surface area contributed by atoms with Crippen LogP contribution in [0.15, 0.2) is 237 Å². The highest BCUT2D eigenvalue weighted by molar-refractivity contribution is 6.21. The van der Waals surface area contributed by atoms with Crippen molar-refractivity contribution in [3.8, 4) is 33.4 Å². The summed E-state index contributed by atoms with van der Waals surface area (Å²) < 4.78 is 0. The first-order valence-electron chi connectivity index (χ1n) is 26.3. The molecule has 74 heavy (non-hydrogen) atoms. The highest BCUT2D eigenvalue weighted by Gasteiger charge is 2.39. The molecule has 1 atom stereocenters. The molecule has 0 bridgehead atoms. The number of fused-ring (bicyclic) bond motifs is 8. The number of anilines is 8. The third-order valence-corrected chi connectivity index (χ3v) is 16.4. The van der Waals surface area contributed by atoms with Crippen molar-refractivity contribution < 1.29 is 0 Å². The van der Waals surface area contributed by atoms with Crippen molar-refractivity contribution in [1.82, 2.24) is 0 Å². The maximum Gasteiger partial charge on any atom is 0.0703 e. The van der Waals surface area contributed by atoms with E-state index in [4.69, 9.17) is 0 Å². The number of nitrogens with zero attached hydrogens (tertiary/aromatic N) is 3. The number of para-hydroxylation sites is 6. The standard InChI is InChI=1S/C71H55N3/c1-3-71(2)62-46-49(35-43-56(62)57-44-42-55(47-63(57)71)72-45-17-19-50-18-7-12-26-64(50)72)32-31-48-33-36-51(37-34-48)69-58-22-8-10-24-60(58)70(61-25-11-9-23-59(61)69)52-38-40-54(41-39-52)74-67-29-15-13-27-65(67)73(53-20-5-4-6-21-53)66-28-14-16-30-68(66)74/h4-16,18,20-44,46-47H,3,17,19,45H2,1-2H3/b32-31+. The minimum atomic E-state index is -0.0645. The fraction of sp³-hybridized carbons (Fsp3) is 0.0986. The van der Waals surface area contributed by atoms with Crippen LogP contribution in [0.1, 0.15) is 54.5 Å². The molecule has 11 aromatic carbocycles. The molecule has 3 nitrogen and oxygen atoms in total. The lowest BCUT2D eigenvalue weighted by Crippen LogP contribution is -2.25. The second-order valence-corrected chi connectivity index (χ2v) is 20.4. The Morgan fingerprint density at radius 2 is 0.838 bits per heavy atom. The minimum Gasteiger partial charge on any atom is -0.341 e. The van der Waals surface area contributed by atoms with Crippen LogP contribution in [-0.4, -0.2) is 6.54 Å². The van der Waals surface area contributed by atoms with Crippen molar-refractivity contribution in [3.05, 3.63) is 264 Å². The van der Waals surface area contributed by atoms with Crippen LogP contribution in [0.3, 0.4) is 0 Å². The third-order valence-electron chi connectivity index (χ3n) is 16.4. The van der Waals surface area contributed by atoms with Gasteiger partial charge in [-0.1, -0.05) is 196 Å². The number of hydrogen-bond donors (Lipinski definition) is 0. The third kappa shape index (κ3) is 7.02. The largest absolute Gasteiger partial charge is 0.341 e. The van der Waals surface area contributed by atoms with Crippen molar-refractivity contribution in [1.29, 1.82) is 0 Å². The molecule has 354 valence electrons. The number of aryl methyl sites for hydroxylation is 1. The molecule has 0 fully saturated rings. The van der Waals surface area contributed by atoms with Gasteiger partial charge in [0, 0.05) is 34.7 Å². The van der Waals surface area contributed by atoms with Crippen molar-refractivity contribution in [2.75, 3.05) is 21.2 Å². The monoisotopic (exact) mass is 949 g/mol. The van der Waals surface area contributed by atoms with Gasteiger partial charge in [0.25, 0.3) is 0 Å². The quantitative estimate of drug-likeness (QED) is 0.111. The normalized spacial score (nSPS) is 15.5. The van der Waals surface area contributed by atoms with E-state index in [2.05, 4.69) is 277 Å². The lowest BCUT2D eigenvalue weighted by molar-refractivity contribution is 0.564. The van der Waals surface area contributed by atoms with Gasteiger partial charge >= 0.3 is 0 Å². The highest BCUT2D eigenvalue weighted by atomic mass is 15.3. The zero-order valence-electron chi connectivity index (χ0n) is 41.8. The van der Waals surface area contributed by atoms with E-state index < -0.39 is 0 Å². The molecule has 0 radical (unpaired) electrons. The Balaban J connectivity index is 0.771. The Kier molecular flexibility index (Phi) is 10.5. The topological polar surface area (TPSA) is 9.72 Å². The maximum atomic E-state index is 2.53. The molecule has 3 aliphatic rings. The summed E-state index contributed by atoms with van der Waals surface area (Å²) in [5, 5.41) is 4.99. The van der Waals surface area contributed by atoms with Crippen molar-refractivity contribution in [3.63, 3.8) is 0 Å². The van der Waals surface area contributed by atoms with Crippen molar-refractivity contribution in [2.45, 2.75) is 38.5 Å². The van der Waals surface area contributed by atoms with Gasteiger partial charge in [0.05, 0.1) is 22.7 Å². The molecule has 2 aliphatic heterocycles. The average molecular weight is 950 g/mol. The van der Waals surface area contributed by atoms with Crippen LogP contribution < -0.4 is 14.7 Å². The lowest BCUT2D eigenvalue weighted by atomic mass is 9.77. The number of benzene rings is 11. The number of hydrogen-bond acceptors (Lipinski definition) is 3. The van der Waals surface area contributed by atoms with E-state index in [0.717, 1.165) is 53.5 Å². The second kappa shape index (κ2) is 17.7. The number of rotatable bonds is 8. The molecular weight excluding hydrogens is 895 g/mol. The molecule has 14 rings (SSSR count). The van der Waals surface area contributed by atoms with E-state index in [1.54, 1.807) is 0 Å². The molecule has 0 spiro atoms. The van der Waals surface area contributed by atoms with Gasteiger partial charge in [0.15, 0.2) is 0 Å². The smallest absolute Gasteiger partial charge is 0.0703 e. The Morgan fingerprint density at radius 3 is 1.41 bits per heavy atom. The predicted molar refractivity (Wildman–Crippen MR) is 315 cm³/mol. The molecular formula is C71H55N3. The van der Waals surface area contributed by atoms with Crippen LogP contribution in [0, 0.1) is 0 Å². The molecule has 11 aromatic rings. The highest BCUT2D eigenvalue weighted by Crippen LogP contribution is 2.55. The molecule has 0 aromatic heterocycles. The molecule has 0 saturated heterocycles. The van der Waals surface area contributed by atoms with Crippen LogP contribution in [0.4, 0.5) is 45.5 Å². The van der Waals surface area contributed by atoms with Gasteiger partial charge in [0.1, 0.15) is 0 Å². The molecule has 0 amide bonds.